The van der Waals surface area contributed by atoms with Crippen molar-refractivity contribution in [3.8, 4) is 0 Å². The molecule has 0 amide bonds. The van der Waals surface area contributed by atoms with Crippen LogP contribution in [0.15, 0.2) is 30.3 Å². The van der Waals surface area contributed by atoms with E-state index >= 15 is 0 Å². The lowest BCUT2D eigenvalue weighted by Gasteiger charge is -2.29. The summed E-state index contributed by atoms with van der Waals surface area (Å²) >= 11 is 0. The highest BCUT2D eigenvalue weighted by molar-refractivity contribution is 5.19. The summed E-state index contributed by atoms with van der Waals surface area (Å²) in [5.74, 6) is 1.66. The molecule has 1 aliphatic rings. The van der Waals surface area contributed by atoms with Crippen molar-refractivity contribution in [3.05, 3.63) is 35.9 Å². The van der Waals surface area contributed by atoms with Gasteiger partial charge in [-0.05, 0) is 43.2 Å². The Bertz CT molecular complexity index is 279. The second-order valence-corrected chi connectivity index (χ2v) is 4.72. The molecular formula is C14H21N. The molecule has 2 rings (SSSR count). The van der Waals surface area contributed by atoms with Crippen LogP contribution in [0.4, 0.5) is 0 Å². The molecule has 2 unspecified atom stereocenters. The molecule has 0 heterocycles. The van der Waals surface area contributed by atoms with Crippen LogP contribution in [0.1, 0.15) is 43.6 Å². The molecule has 1 fully saturated rings. The first-order chi connectivity index (χ1) is 7.40. The first kappa shape index (κ1) is 10.7. The van der Waals surface area contributed by atoms with E-state index in [-0.39, 0.29) is 0 Å². The lowest BCUT2D eigenvalue weighted by molar-refractivity contribution is 0.309. The van der Waals surface area contributed by atoms with Crippen LogP contribution in [0, 0.1) is 5.92 Å². The average Bonchev–Trinajstić information content (AvgIpc) is 2.31. The second-order valence-electron chi connectivity index (χ2n) is 4.72. The van der Waals surface area contributed by atoms with Gasteiger partial charge in [0.15, 0.2) is 0 Å². The Balaban J connectivity index is 1.98. The van der Waals surface area contributed by atoms with Crippen LogP contribution >= 0.6 is 0 Å². The molecule has 2 atom stereocenters. The summed E-state index contributed by atoms with van der Waals surface area (Å²) in [6.45, 7) is 0.853. The second kappa shape index (κ2) is 5.32. The van der Waals surface area contributed by atoms with Gasteiger partial charge in [0.25, 0.3) is 0 Å². The molecule has 0 spiro atoms. The third-order valence-corrected chi connectivity index (χ3v) is 3.63. The summed E-state index contributed by atoms with van der Waals surface area (Å²) in [6, 6.07) is 11.0. The summed E-state index contributed by atoms with van der Waals surface area (Å²) in [7, 11) is 0. The van der Waals surface area contributed by atoms with Crippen molar-refractivity contribution < 1.29 is 0 Å². The zero-order valence-electron chi connectivity index (χ0n) is 9.36. The Kier molecular flexibility index (Phi) is 3.79. The van der Waals surface area contributed by atoms with Gasteiger partial charge < -0.3 is 5.73 Å². The Morgan fingerprint density at radius 3 is 2.67 bits per heavy atom. The molecule has 0 aliphatic heterocycles. The van der Waals surface area contributed by atoms with E-state index in [1.165, 1.54) is 37.7 Å². The molecule has 2 N–H and O–H groups in total. The summed E-state index contributed by atoms with van der Waals surface area (Å²) in [5, 5.41) is 0. The summed E-state index contributed by atoms with van der Waals surface area (Å²) in [6.07, 6.45) is 6.69. The smallest absolute Gasteiger partial charge is 0.00746 e. The van der Waals surface area contributed by atoms with Crippen molar-refractivity contribution in [1.82, 2.24) is 0 Å². The minimum absolute atomic E-state index is 0.788. The molecule has 82 valence electrons. The van der Waals surface area contributed by atoms with Crippen molar-refractivity contribution in [1.29, 1.82) is 0 Å². The lowest BCUT2D eigenvalue weighted by Crippen LogP contribution is -2.17. The van der Waals surface area contributed by atoms with Gasteiger partial charge >= 0.3 is 0 Å². The maximum atomic E-state index is 5.64. The van der Waals surface area contributed by atoms with Crippen LogP contribution in [0.5, 0.6) is 0 Å². The van der Waals surface area contributed by atoms with E-state index in [0.29, 0.717) is 0 Å². The van der Waals surface area contributed by atoms with Gasteiger partial charge in [0.1, 0.15) is 0 Å². The number of nitrogens with two attached hydrogens (primary N) is 1. The monoisotopic (exact) mass is 203 g/mol. The minimum atomic E-state index is 0.788. The standard InChI is InChI=1S/C14H21N/c15-10-9-12-5-4-8-14(11-12)13-6-2-1-3-7-13/h1-3,6-7,12,14H,4-5,8-11,15H2. The Labute approximate surface area is 92.7 Å². The van der Waals surface area contributed by atoms with Gasteiger partial charge in [-0.25, -0.2) is 0 Å². The van der Waals surface area contributed by atoms with E-state index in [1.807, 2.05) is 0 Å². The minimum Gasteiger partial charge on any atom is -0.330 e. The van der Waals surface area contributed by atoms with Gasteiger partial charge in [0.2, 0.25) is 0 Å². The van der Waals surface area contributed by atoms with E-state index in [0.717, 1.165) is 18.4 Å². The van der Waals surface area contributed by atoms with Crippen LogP contribution < -0.4 is 5.73 Å². The molecule has 15 heavy (non-hydrogen) atoms. The predicted molar refractivity (Wildman–Crippen MR) is 64.8 cm³/mol. The highest BCUT2D eigenvalue weighted by Crippen LogP contribution is 2.37. The van der Waals surface area contributed by atoms with Crippen LogP contribution in [0.25, 0.3) is 0 Å². The highest BCUT2D eigenvalue weighted by atomic mass is 14.5. The fourth-order valence-corrected chi connectivity index (χ4v) is 2.82. The summed E-state index contributed by atoms with van der Waals surface area (Å²) in [4.78, 5) is 0. The Hall–Kier alpha value is -0.820. The molecule has 1 aliphatic carbocycles. The fraction of sp³-hybridized carbons (Fsp3) is 0.571. The molecule has 0 bridgehead atoms. The molecule has 1 nitrogen and oxygen atoms in total. The maximum Gasteiger partial charge on any atom is -0.00746 e. The van der Waals surface area contributed by atoms with Gasteiger partial charge in [-0.1, -0.05) is 43.2 Å². The quantitative estimate of drug-likeness (QED) is 0.801. The van der Waals surface area contributed by atoms with Gasteiger partial charge in [0, 0.05) is 0 Å². The van der Waals surface area contributed by atoms with Crippen molar-refractivity contribution >= 4 is 0 Å². The molecule has 1 saturated carbocycles. The highest BCUT2D eigenvalue weighted by Gasteiger charge is 2.22. The largest absolute Gasteiger partial charge is 0.330 e. The zero-order chi connectivity index (χ0) is 10.5. The normalized spacial score (nSPS) is 26.5. The van der Waals surface area contributed by atoms with Crippen LogP contribution in [-0.2, 0) is 0 Å². The van der Waals surface area contributed by atoms with E-state index < -0.39 is 0 Å². The summed E-state index contributed by atoms with van der Waals surface area (Å²) < 4.78 is 0. The number of hydrogen-bond donors (Lipinski definition) is 1. The SMILES string of the molecule is NCCC1CCCC(c2ccccc2)C1. The van der Waals surface area contributed by atoms with Crippen LogP contribution in [0.3, 0.4) is 0 Å². The van der Waals surface area contributed by atoms with Crippen LogP contribution in [0.2, 0.25) is 0 Å². The zero-order valence-corrected chi connectivity index (χ0v) is 9.36. The first-order valence-electron chi connectivity index (χ1n) is 6.15. The first-order valence-corrected chi connectivity index (χ1v) is 6.15. The van der Waals surface area contributed by atoms with Gasteiger partial charge in [0.05, 0.1) is 0 Å². The van der Waals surface area contributed by atoms with E-state index in [2.05, 4.69) is 30.3 Å². The third kappa shape index (κ3) is 2.82. The lowest BCUT2D eigenvalue weighted by atomic mass is 9.77. The fourth-order valence-electron chi connectivity index (χ4n) is 2.82. The third-order valence-electron chi connectivity index (χ3n) is 3.63. The van der Waals surface area contributed by atoms with Gasteiger partial charge in [-0.3, -0.25) is 0 Å². The maximum absolute atomic E-state index is 5.64. The average molecular weight is 203 g/mol. The Morgan fingerprint density at radius 1 is 1.13 bits per heavy atom. The molecule has 1 aromatic carbocycles. The van der Waals surface area contributed by atoms with E-state index in [1.54, 1.807) is 0 Å². The van der Waals surface area contributed by atoms with Crippen molar-refractivity contribution in [3.63, 3.8) is 0 Å². The number of rotatable bonds is 3. The van der Waals surface area contributed by atoms with Crippen molar-refractivity contribution in [2.75, 3.05) is 6.54 Å². The van der Waals surface area contributed by atoms with Crippen molar-refractivity contribution in [2.45, 2.75) is 38.0 Å². The number of benzene rings is 1. The van der Waals surface area contributed by atoms with Crippen molar-refractivity contribution in [2.24, 2.45) is 11.7 Å². The molecule has 1 aromatic rings. The molecule has 0 aromatic heterocycles. The van der Waals surface area contributed by atoms with Gasteiger partial charge in [-0.15, -0.1) is 0 Å². The summed E-state index contributed by atoms with van der Waals surface area (Å²) in [5.41, 5.74) is 7.17. The Morgan fingerprint density at radius 2 is 1.93 bits per heavy atom. The molecule has 0 radical (unpaired) electrons. The predicted octanol–water partition coefficient (Wildman–Crippen LogP) is 3.31. The number of hydrogen-bond acceptors (Lipinski definition) is 1. The van der Waals surface area contributed by atoms with Gasteiger partial charge in [-0.2, -0.15) is 0 Å². The molecule has 1 heteroatoms. The molecular weight excluding hydrogens is 182 g/mol. The van der Waals surface area contributed by atoms with Crippen LogP contribution in [-0.4, -0.2) is 6.54 Å². The topological polar surface area (TPSA) is 26.0 Å². The molecule has 0 saturated heterocycles. The van der Waals surface area contributed by atoms with E-state index in [9.17, 15) is 0 Å². The van der Waals surface area contributed by atoms with E-state index in [4.69, 9.17) is 5.73 Å².